The number of halogens is 1. The van der Waals surface area contributed by atoms with Gasteiger partial charge in [-0.3, -0.25) is 4.79 Å². The van der Waals surface area contributed by atoms with Crippen molar-refractivity contribution in [1.82, 2.24) is 0 Å². The van der Waals surface area contributed by atoms with Gasteiger partial charge in [0.15, 0.2) is 15.0 Å². The third-order valence-corrected chi connectivity index (χ3v) is 8.35. The average Bonchev–Trinajstić information content (AvgIpc) is 3.12. The average molecular weight is 451 g/mol. The molecule has 2 aromatic rings. The number of aliphatic imine (C=N–C) groups is 1. The van der Waals surface area contributed by atoms with E-state index in [0.29, 0.717) is 15.9 Å². The molecule has 2 aliphatic rings. The lowest BCUT2D eigenvalue weighted by atomic mass is 10.1. The fourth-order valence-corrected chi connectivity index (χ4v) is 7.77. The topological polar surface area (TPSA) is 76.0 Å². The minimum Gasteiger partial charge on any atom is -0.496 e. The van der Waals surface area contributed by atoms with Crippen LogP contribution in [0.25, 0.3) is 0 Å². The second kappa shape index (κ2) is 8.01. The smallest absolute Gasteiger partial charge is 0.252 e. The summed E-state index contributed by atoms with van der Waals surface area (Å²) in [4.78, 5) is 18.9. The molecule has 2 unspecified atom stereocenters. The highest BCUT2D eigenvalue weighted by Crippen LogP contribution is 2.41. The molecule has 152 valence electrons. The summed E-state index contributed by atoms with van der Waals surface area (Å²) in [5, 5.41) is 0.894. The number of benzene rings is 2. The van der Waals surface area contributed by atoms with Gasteiger partial charge in [0, 0.05) is 21.5 Å². The van der Waals surface area contributed by atoms with Gasteiger partial charge in [0.05, 0.1) is 31.1 Å². The maximum absolute atomic E-state index is 12.7. The standard InChI is InChI=1S/C20H19ClN2O4S2/c1-27-17-8-3-2-5-13(17)9-19(24)22-20-23(15-7-4-6-14(21)10-15)16-11-29(25,26)12-18(16)28-20/h2-8,10,16,18H,9,11-12H2,1H3. The highest BCUT2D eigenvalue weighted by atomic mass is 35.5. The molecule has 6 nitrogen and oxygen atoms in total. The molecule has 2 fully saturated rings. The van der Waals surface area contributed by atoms with Gasteiger partial charge in [0.2, 0.25) is 0 Å². The van der Waals surface area contributed by atoms with E-state index in [-0.39, 0.29) is 35.1 Å². The summed E-state index contributed by atoms with van der Waals surface area (Å²) >= 11 is 7.49. The van der Waals surface area contributed by atoms with Crippen molar-refractivity contribution >= 4 is 50.0 Å². The SMILES string of the molecule is COc1ccccc1CC(=O)N=C1SC2CS(=O)(=O)CC2N1c1cccc(Cl)c1. The van der Waals surface area contributed by atoms with E-state index in [1.807, 2.05) is 29.2 Å². The first-order chi connectivity index (χ1) is 13.9. The van der Waals surface area contributed by atoms with Gasteiger partial charge in [-0.25, -0.2) is 8.42 Å². The van der Waals surface area contributed by atoms with Crippen LogP contribution >= 0.6 is 23.4 Å². The number of rotatable bonds is 4. The summed E-state index contributed by atoms with van der Waals surface area (Å²) in [6, 6.07) is 14.2. The monoisotopic (exact) mass is 450 g/mol. The number of sulfone groups is 1. The number of para-hydroxylation sites is 1. The van der Waals surface area contributed by atoms with Crippen LogP contribution in [0.15, 0.2) is 53.5 Å². The molecule has 4 rings (SSSR count). The Morgan fingerprint density at radius 2 is 2.03 bits per heavy atom. The molecule has 2 saturated heterocycles. The van der Waals surface area contributed by atoms with Crippen LogP contribution in [0, 0.1) is 0 Å². The van der Waals surface area contributed by atoms with Crippen molar-refractivity contribution in [3.63, 3.8) is 0 Å². The first kappa shape index (κ1) is 20.3. The predicted octanol–water partition coefficient (Wildman–Crippen LogP) is 3.19. The second-order valence-corrected chi connectivity index (χ2v) is 10.7. The Balaban J connectivity index is 1.65. The van der Waals surface area contributed by atoms with E-state index in [0.717, 1.165) is 11.3 Å². The Morgan fingerprint density at radius 1 is 1.24 bits per heavy atom. The highest BCUT2D eigenvalue weighted by molar-refractivity contribution is 8.16. The van der Waals surface area contributed by atoms with E-state index in [1.54, 1.807) is 31.4 Å². The number of amides is 1. The highest BCUT2D eigenvalue weighted by Gasteiger charge is 2.49. The number of carbonyl (C=O) groups is 1. The number of fused-ring (bicyclic) bond motifs is 1. The molecular formula is C20H19ClN2O4S2. The summed E-state index contributed by atoms with van der Waals surface area (Å²) in [5.41, 5.74) is 1.49. The minimum absolute atomic E-state index is 0.0386. The van der Waals surface area contributed by atoms with E-state index < -0.39 is 9.84 Å². The van der Waals surface area contributed by atoms with Crippen LogP contribution in [0.3, 0.4) is 0 Å². The lowest BCUT2D eigenvalue weighted by Crippen LogP contribution is -2.37. The van der Waals surface area contributed by atoms with Crippen LogP contribution in [0.1, 0.15) is 5.56 Å². The van der Waals surface area contributed by atoms with Crippen LogP contribution < -0.4 is 9.64 Å². The zero-order valence-corrected chi connectivity index (χ0v) is 18.0. The number of ether oxygens (including phenoxy) is 1. The number of hydrogen-bond acceptors (Lipinski definition) is 5. The first-order valence-electron chi connectivity index (χ1n) is 9.01. The van der Waals surface area contributed by atoms with E-state index >= 15 is 0 Å². The summed E-state index contributed by atoms with van der Waals surface area (Å²) in [5.74, 6) is 0.442. The number of hydrogen-bond donors (Lipinski definition) is 0. The molecular weight excluding hydrogens is 432 g/mol. The molecule has 0 saturated carbocycles. The number of anilines is 1. The summed E-state index contributed by atoms with van der Waals surface area (Å²) < 4.78 is 29.6. The number of nitrogens with zero attached hydrogens (tertiary/aromatic N) is 2. The molecule has 0 spiro atoms. The van der Waals surface area contributed by atoms with Gasteiger partial charge in [0.25, 0.3) is 5.91 Å². The molecule has 0 aliphatic carbocycles. The predicted molar refractivity (Wildman–Crippen MR) is 117 cm³/mol. The molecule has 9 heteroatoms. The lowest BCUT2D eigenvalue weighted by molar-refractivity contribution is -0.117. The summed E-state index contributed by atoms with van der Waals surface area (Å²) in [6.07, 6.45) is 0.102. The van der Waals surface area contributed by atoms with Crippen molar-refractivity contribution in [3.8, 4) is 5.75 Å². The van der Waals surface area contributed by atoms with E-state index in [2.05, 4.69) is 4.99 Å². The molecule has 1 amide bonds. The van der Waals surface area contributed by atoms with Gasteiger partial charge < -0.3 is 9.64 Å². The zero-order chi connectivity index (χ0) is 20.6. The fourth-order valence-electron chi connectivity index (χ4n) is 3.65. The summed E-state index contributed by atoms with van der Waals surface area (Å²) in [7, 11) is -1.56. The third kappa shape index (κ3) is 4.29. The Morgan fingerprint density at radius 3 is 2.79 bits per heavy atom. The maximum atomic E-state index is 12.7. The lowest BCUT2D eigenvalue weighted by Gasteiger charge is -2.24. The van der Waals surface area contributed by atoms with Crippen molar-refractivity contribution < 1.29 is 17.9 Å². The fraction of sp³-hybridized carbons (Fsp3) is 0.300. The minimum atomic E-state index is -3.12. The third-order valence-electron chi connectivity index (χ3n) is 4.91. The normalized spacial score (nSPS) is 23.9. The molecule has 0 N–H and O–H groups in total. The largest absolute Gasteiger partial charge is 0.496 e. The molecule has 0 radical (unpaired) electrons. The summed E-state index contributed by atoms with van der Waals surface area (Å²) in [6.45, 7) is 0. The Labute approximate surface area is 178 Å². The van der Waals surface area contributed by atoms with Crippen LogP contribution in [0.5, 0.6) is 5.75 Å². The molecule has 29 heavy (non-hydrogen) atoms. The van der Waals surface area contributed by atoms with Crippen molar-refractivity contribution in [1.29, 1.82) is 0 Å². The molecule has 0 aromatic heterocycles. The Kier molecular flexibility index (Phi) is 5.59. The van der Waals surface area contributed by atoms with E-state index in [9.17, 15) is 13.2 Å². The van der Waals surface area contributed by atoms with Crippen molar-refractivity contribution in [2.24, 2.45) is 4.99 Å². The van der Waals surface area contributed by atoms with Crippen LogP contribution in [-0.2, 0) is 21.1 Å². The van der Waals surface area contributed by atoms with Gasteiger partial charge in [-0.15, -0.1) is 0 Å². The zero-order valence-electron chi connectivity index (χ0n) is 15.6. The number of carbonyl (C=O) groups excluding carboxylic acids is 1. The molecule has 2 heterocycles. The molecule has 2 aromatic carbocycles. The van der Waals surface area contributed by atoms with Gasteiger partial charge in [0.1, 0.15) is 5.75 Å². The molecule has 2 atom stereocenters. The molecule has 2 aliphatic heterocycles. The quantitative estimate of drug-likeness (QED) is 0.712. The van der Waals surface area contributed by atoms with Gasteiger partial charge in [-0.05, 0) is 24.3 Å². The number of methoxy groups -OCH3 is 1. The van der Waals surface area contributed by atoms with Crippen molar-refractivity contribution in [2.45, 2.75) is 17.7 Å². The number of thioether (sulfide) groups is 1. The maximum Gasteiger partial charge on any atom is 0.252 e. The van der Waals surface area contributed by atoms with Gasteiger partial charge >= 0.3 is 0 Å². The van der Waals surface area contributed by atoms with Crippen molar-refractivity contribution in [2.75, 3.05) is 23.5 Å². The number of amidine groups is 1. The van der Waals surface area contributed by atoms with E-state index in [1.165, 1.54) is 11.8 Å². The van der Waals surface area contributed by atoms with Crippen LogP contribution in [0.4, 0.5) is 5.69 Å². The Bertz CT molecular complexity index is 1090. The van der Waals surface area contributed by atoms with Crippen molar-refractivity contribution in [3.05, 3.63) is 59.1 Å². The van der Waals surface area contributed by atoms with E-state index in [4.69, 9.17) is 16.3 Å². The van der Waals surface area contributed by atoms with Gasteiger partial charge in [-0.1, -0.05) is 47.6 Å². The second-order valence-electron chi connectivity index (χ2n) is 6.93. The van der Waals surface area contributed by atoms with Gasteiger partial charge in [-0.2, -0.15) is 4.99 Å². The Hall–Kier alpha value is -2.03. The molecule has 0 bridgehead atoms. The van der Waals surface area contributed by atoms with Crippen LogP contribution in [-0.4, -0.2) is 49.4 Å². The van der Waals surface area contributed by atoms with Crippen LogP contribution in [0.2, 0.25) is 5.02 Å². The first-order valence-corrected chi connectivity index (χ1v) is 12.1.